The van der Waals surface area contributed by atoms with Crippen LogP contribution in [0.3, 0.4) is 0 Å². The third-order valence-electron chi connectivity index (χ3n) is 4.66. The molecule has 134 valence electrons. The van der Waals surface area contributed by atoms with Gasteiger partial charge in [-0.3, -0.25) is 5.32 Å². The first-order valence-electron chi connectivity index (χ1n) is 8.58. The van der Waals surface area contributed by atoms with Gasteiger partial charge in [-0.25, -0.2) is 9.59 Å². The number of carbonyl (C=O) groups excluding carboxylic acids is 1. The van der Waals surface area contributed by atoms with E-state index < -0.39 is 12.1 Å². The number of hydrogen-bond acceptors (Lipinski definition) is 3. The van der Waals surface area contributed by atoms with Crippen LogP contribution in [0.4, 0.5) is 10.5 Å². The largest absolute Gasteiger partial charge is 0.478 e. The number of hydrogen-bond donors (Lipinski definition) is 2. The number of carboxylic acids is 1. The molecule has 0 aliphatic heterocycles. The van der Waals surface area contributed by atoms with Gasteiger partial charge >= 0.3 is 12.1 Å². The molecule has 2 N–H and O–H groups in total. The minimum absolute atomic E-state index is 0.103. The molecule has 0 aromatic heterocycles. The molecule has 0 atom stereocenters. The highest BCUT2D eigenvalue weighted by Gasteiger charge is 2.20. The number of benzene rings is 3. The standard InChI is InChI=1S/C22H17NO4/c24-21(25)15-6-3-8-17(11-15)23-22(26)27-13-16-7-4-10-19-18-9-2-1-5-14(18)12-20(16)19/h1-11H,12-13H2,(H,23,26)(H,24,25). The molecular formula is C22H17NO4. The number of carboxylic acid groups (broad SMARTS) is 1. The van der Waals surface area contributed by atoms with Gasteiger partial charge in [0.2, 0.25) is 0 Å². The molecule has 1 amide bonds. The molecule has 1 aliphatic carbocycles. The molecule has 5 nitrogen and oxygen atoms in total. The van der Waals surface area contributed by atoms with E-state index in [9.17, 15) is 9.59 Å². The summed E-state index contributed by atoms with van der Waals surface area (Å²) < 4.78 is 5.36. The van der Waals surface area contributed by atoms with Crippen molar-refractivity contribution in [3.63, 3.8) is 0 Å². The first-order valence-corrected chi connectivity index (χ1v) is 8.58. The Hall–Kier alpha value is -3.60. The SMILES string of the molecule is O=C(Nc1cccc(C(=O)O)c1)OCc1cccc2c1Cc1ccccc1-2. The fourth-order valence-corrected chi connectivity index (χ4v) is 3.39. The molecule has 5 heteroatoms. The molecule has 4 rings (SSSR count). The third-order valence-corrected chi connectivity index (χ3v) is 4.66. The average Bonchev–Trinajstić information content (AvgIpc) is 3.06. The summed E-state index contributed by atoms with van der Waals surface area (Å²) in [4.78, 5) is 23.1. The van der Waals surface area contributed by atoms with Gasteiger partial charge in [-0.15, -0.1) is 0 Å². The number of rotatable bonds is 4. The van der Waals surface area contributed by atoms with Crippen LogP contribution in [0.5, 0.6) is 0 Å². The van der Waals surface area contributed by atoms with Crippen LogP contribution in [0.2, 0.25) is 0 Å². The number of amides is 1. The maximum Gasteiger partial charge on any atom is 0.411 e. The number of aromatic carboxylic acids is 1. The van der Waals surface area contributed by atoms with Crippen molar-refractivity contribution in [1.29, 1.82) is 0 Å². The second kappa shape index (κ2) is 6.96. The first kappa shape index (κ1) is 16.8. The number of fused-ring (bicyclic) bond motifs is 3. The van der Waals surface area contributed by atoms with E-state index in [1.165, 1.54) is 34.4 Å². The third kappa shape index (κ3) is 3.40. The van der Waals surface area contributed by atoms with E-state index >= 15 is 0 Å². The Morgan fingerprint density at radius 2 is 1.74 bits per heavy atom. The van der Waals surface area contributed by atoms with Crippen molar-refractivity contribution in [1.82, 2.24) is 0 Å². The van der Waals surface area contributed by atoms with E-state index in [1.54, 1.807) is 12.1 Å². The molecule has 0 radical (unpaired) electrons. The lowest BCUT2D eigenvalue weighted by Gasteiger charge is -2.11. The highest BCUT2D eigenvalue weighted by molar-refractivity contribution is 5.91. The molecule has 0 saturated carbocycles. The smallest absolute Gasteiger partial charge is 0.411 e. The fourth-order valence-electron chi connectivity index (χ4n) is 3.39. The van der Waals surface area contributed by atoms with Crippen LogP contribution in [0.1, 0.15) is 27.0 Å². The Bertz CT molecular complexity index is 1040. The van der Waals surface area contributed by atoms with Crippen LogP contribution in [0.15, 0.2) is 66.7 Å². The Morgan fingerprint density at radius 1 is 0.963 bits per heavy atom. The van der Waals surface area contributed by atoms with Crippen molar-refractivity contribution < 1.29 is 19.4 Å². The normalized spacial score (nSPS) is 11.4. The predicted octanol–water partition coefficient (Wildman–Crippen LogP) is 4.70. The van der Waals surface area contributed by atoms with Gasteiger partial charge in [0.1, 0.15) is 6.61 Å². The highest BCUT2D eigenvalue weighted by Crippen LogP contribution is 2.38. The molecule has 0 spiro atoms. The lowest BCUT2D eigenvalue weighted by molar-refractivity contribution is 0.0696. The van der Waals surface area contributed by atoms with Gasteiger partial charge in [0.25, 0.3) is 0 Å². The zero-order chi connectivity index (χ0) is 18.8. The highest BCUT2D eigenvalue weighted by atomic mass is 16.5. The summed E-state index contributed by atoms with van der Waals surface area (Å²) in [7, 11) is 0. The zero-order valence-electron chi connectivity index (χ0n) is 14.4. The van der Waals surface area contributed by atoms with Gasteiger partial charge in [-0.2, -0.15) is 0 Å². The number of carbonyl (C=O) groups is 2. The lowest BCUT2D eigenvalue weighted by atomic mass is 10.0. The minimum atomic E-state index is -1.05. The predicted molar refractivity (Wildman–Crippen MR) is 102 cm³/mol. The summed E-state index contributed by atoms with van der Waals surface area (Å²) >= 11 is 0. The Balaban J connectivity index is 1.45. The van der Waals surface area contributed by atoms with E-state index in [0.717, 1.165) is 12.0 Å². The van der Waals surface area contributed by atoms with Crippen LogP contribution in [0, 0.1) is 0 Å². The molecule has 3 aromatic carbocycles. The summed E-state index contributed by atoms with van der Waals surface area (Å²) in [6.45, 7) is 0.154. The lowest BCUT2D eigenvalue weighted by Crippen LogP contribution is -2.14. The van der Waals surface area contributed by atoms with Crippen LogP contribution >= 0.6 is 0 Å². The van der Waals surface area contributed by atoms with Gasteiger partial charge < -0.3 is 9.84 Å². The number of ether oxygens (including phenoxy) is 1. The second-order valence-corrected chi connectivity index (χ2v) is 6.36. The fraction of sp³-hybridized carbons (Fsp3) is 0.0909. The van der Waals surface area contributed by atoms with E-state index in [1.807, 2.05) is 24.3 Å². The van der Waals surface area contributed by atoms with Crippen molar-refractivity contribution >= 4 is 17.7 Å². The van der Waals surface area contributed by atoms with Gasteiger partial charge in [0.05, 0.1) is 5.56 Å². The van der Waals surface area contributed by atoms with E-state index in [0.29, 0.717) is 5.69 Å². The molecule has 0 heterocycles. The van der Waals surface area contributed by atoms with Crippen LogP contribution in [-0.4, -0.2) is 17.2 Å². The number of nitrogens with one attached hydrogen (secondary N) is 1. The molecule has 0 unspecified atom stereocenters. The van der Waals surface area contributed by atoms with Crippen LogP contribution in [0.25, 0.3) is 11.1 Å². The maximum absolute atomic E-state index is 12.1. The summed E-state index contributed by atoms with van der Waals surface area (Å²) in [5, 5.41) is 11.6. The Labute approximate surface area is 156 Å². The van der Waals surface area contributed by atoms with Gasteiger partial charge in [0.15, 0.2) is 0 Å². The summed E-state index contributed by atoms with van der Waals surface area (Å²) in [5.41, 5.74) is 6.31. The topological polar surface area (TPSA) is 75.6 Å². The Kier molecular flexibility index (Phi) is 4.34. The van der Waals surface area contributed by atoms with Gasteiger partial charge in [0, 0.05) is 5.69 Å². The molecule has 0 bridgehead atoms. The Morgan fingerprint density at radius 3 is 2.59 bits per heavy atom. The molecule has 27 heavy (non-hydrogen) atoms. The summed E-state index contributed by atoms with van der Waals surface area (Å²) in [6.07, 6.45) is 0.207. The zero-order valence-corrected chi connectivity index (χ0v) is 14.4. The van der Waals surface area contributed by atoms with Crippen molar-refractivity contribution in [2.45, 2.75) is 13.0 Å². The summed E-state index contributed by atoms with van der Waals surface area (Å²) in [6, 6.07) is 20.3. The van der Waals surface area contributed by atoms with Crippen molar-refractivity contribution in [2.75, 3.05) is 5.32 Å². The maximum atomic E-state index is 12.1. The minimum Gasteiger partial charge on any atom is -0.478 e. The second-order valence-electron chi connectivity index (χ2n) is 6.36. The van der Waals surface area contributed by atoms with E-state index in [2.05, 4.69) is 23.5 Å². The first-order chi connectivity index (χ1) is 13.1. The van der Waals surface area contributed by atoms with Gasteiger partial charge in [-0.05, 0) is 52.4 Å². The van der Waals surface area contributed by atoms with Crippen molar-refractivity contribution in [3.8, 4) is 11.1 Å². The quantitative estimate of drug-likeness (QED) is 0.553. The molecule has 1 aliphatic rings. The van der Waals surface area contributed by atoms with Crippen LogP contribution < -0.4 is 5.32 Å². The molecular weight excluding hydrogens is 342 g/mol. The van der Waals surface area contributed by atoms with Crippen molar-refractivity contribution in [3.05, 3.63) is 89.0 Å². The van der Waals surface area contributed by atoms with E-state index in [4.69, 9.17) is 9.84 Å². The molecule has 3 aromatic rings. The average molecular weight is 359 g/mol. The number of anilines is 1. The van der Waals surface area contributed by atoms with Crippen LogP contribution in [-0.2, 0) is 17.8 Å². The summed E-state index contributed by atoms with van der Waals surface area (Å²) in [5.74, 6) is -1.05. The molecule has 0 fully saturated rings. The monoisotopic (exact) mass is 359 g/mol. The molecule has 0 saturated heterocycles. The van der Waals surface area contributed by atoms with Gasteiger partial charge in [-0.1, -0.05) is 48.5 Å². The van der Waals surface area contributed by atoms with Crippen molar-refractivity contribution in [2.24, 2.45) is 0 Å². The van der Waals surface area contributed by atoms with E-state index in [-0.39, 0.29) is 12.2 Å².